The highest BCUT2D eigenvalue weighted by molar-refractivity contribution is 6.04. The van der Waals surface area contributed by atoms with E-state index in [0.717, 1.165) is 12.1 Å². The number of ether oxygens (including phenoxy) is 1. The number of unbranched alkanes of at least 4 members (excludes halogenated alkanes) is 1. The van der Waals surface area contributed by atoms with E-state index in [1.165, 1.54) is 18.2 Å². The predicted octanol–water partition coefficient (Wildman–Crippen LogP) is 4.25. The average molecular weight is 428 g/mol. The Morgan fingerprint density at radius 3 is 2.71 bits per heavy atom. The van der Waals surface area contributed by atoms with Gasteiger partial charge in [-0.2, -0.15) is 0 Å². The van der Waals surface area contributed by atoms with Crippen LogP contribution in [0.4, 0.5) is 5.69 Å². The zero-order valence-corrected chi connectivity index (χ0v) is 18.3. The van der Waals surface area contributed by atoms with Crippen molar-refractivity contribution in [2.45, 2.75) is 59.3 Å². The molecule has 1 aliphatic heterocycles. The zero-order valence-electron chi connectivity index (χ0n) is 18.3. The fourth-order valence-electron chi connectivity index (χ4n) is 4.29. The Hall–Kier alpha value is -3.16. The van der Waals surface area contributed by atoms with Crippen LogP contribution >= 0.6 is 0 Å². The first-order valence-electron chi connectivity index (χ1n) is 10.4. The average Bonchev–Trinajstić information content (AvgIpc) is 2.66. The molecule has 1 aromatic rings. The van der Waals surface area contributed by atoms with Gasteiger partial charge < -0.3 is 15.2 Å². The normalized spacial score (nSPS) is 20.3. The Kier molecular flexibility index (Phi) is 6.20. The number of carbonyl (C=O) groups is 2. The maximum atomic E-state index is 13.2. The van der Waals surface area contributed by atoms with Crippen LogP contribution in [0.5, 0.6) is 5.75 Å². The van der Waals surface area contributed by atoms with Crippen molar-refractivity contribution in [3.63, 3.8) is 0 Å². The number of aromatic hydroxyl groups is 1. The number of nitro groups is 1. The maximum Gasteiger partial charge on any atom is 0.336 e. The Morgan fingerprint density at radius 1 is 1.35 bits per heavy atom. The van der Waals surface area contributed by atoms with Crippen molar-refractivity contribution in [3.8, 4) is 5.75 Å². The van der Waals surface area contributed by atoms with Crippen molar-refractivity contribution >= 4 is 17.4 Å². The number of phenols is 1. The fourth-order valence-corrected chi connectivity index (χ4v) is 4.29. The summed E-state index contributed by atoms with van der Waals surface area (Å²) in [6.07, 6.45) is 2.49. The second-order valence-corrected chi connectivity index (χ2v) is 8.92. The van der Waals surface area contributed by atoms with E-state index in [-0.39, 0.29) is 23.4 Å². The number of rotatable bonds is 6. The number of Topliss-reactive ketones (excluding diaryl/α,β-unsaturated/α-hetero) is 1. The first-order chi connectivity index (χ1) is 14.6. The molecule has 1 atom stereocenters. The Morgan fingerprint density at radius 2 is 2.06 bits per heavy atom. The Bertz CT molecular complexity index is 1010. The molecule has 2 aliphatic rings. The lowest BCUT2D eigenvalue weighted by Gasteiger charge is -2.39. The summed E-state index contributed by atoms with van der Waals surface area (Å²) >= 11 is 0. The van der Waals surface area contributed by atoms with Crippen LogP contribution in [0.15, 0.2) is 40.7 Å². The molecule has 31 heavy (non-hydrogen) atoms. The van der Waals surface area contributed by atoms with E-state index in [2.05, 4.69) is 5.32 Å². The molecule has 0 fully saturated rings. The monoisotopic (exact) mass is 428 g/mol. The summed E-state index contributed by atoms with van der Waals surface area (Å²) < 4.78 is 5.45. The smallest absolute Gasteiger partial charge is 0.336 e. The number of nitrogens with zero attached hydrogens (tertiary/aromatic N) is 1. The number of phenolic OH excluding ortho intramolecular Hbond substituents is 1. The molecule has 0 saturated carbocycles. The molecular weight excluding hydrogens is 400 g/mol. The van der Waals surface area contributed by atoms with Crippen LogP contribution in [0.3, 0.4) is 0 Å². The number of carbonyl (C=O) groups excluding carboxylic acids is 2. The Labute approximate surface area is 181 Å². The van der Waals surface area contributed by atoms with Crippen molar-refractivity contribution in [1.82, 2.24) is 5.32 Å². The molecule has 0 saturated heterocycles. The molecule has 0 aromatic heterocycles. The SMILES string of the molecule is CCCCOC(=O)C1=C(C)NC2=C(C(=O)CC(C)(C)C2)[C@@H]1c1ccc(O)c([N+](=O)[O-])c1. The van der Waals surface area contributed by atoms with Gasteiger partial charge >= 0.3 is 11.7 Å². The number of esters is 1. The molecule has 1 aromatic carbocycles. The number of ketones is 1. The molecular formula is C23H28N2O6. The molecule has 8 heteroatoms. The summed E-state index contributed by atoms with van der Waals surface area (Å²) in [7, 11) is 0. The third-order valence-corrected chi connectivity index (χ3v) is 5.72. The second-order valence-electron chi connectivity index (χ2n) is 8.92. The van der Waals surface area contributed by atoms with Gasteiger partial charge in [-0.05, 0) is 36.8 Å². The van der Waals surface area contributed by atoms with Crippen LogP contribution in [-0.4, -0.2) is 28.4 Å². The summed E-state index contributed by atoms with van der Waals surface area (Å²) in [5.74, 6) is -1.93. The highest BCUT2D eigenvalue weighted by atomic mass is 16.6. The third kappa shape index (κ3) is 4.47. The van der Waals surface area contributed by atoms with E-state index >= 15 is 0 Å². The minimum atomic E-state index is -0.798. The van der Waals surface area contributed by atoms with Gasteiger partial charge in [-0.25, -0.2) is 4.79 Å². The van der Waals surface area contributed by atoms with Crippen LogP contribution in [0.2, 0.25) is 0 Å². The third-order valence-electron chi connectivity index (χ3n) is 5.72. The van der Waals surface area contributed by atoms with Crippen molar-refractivity contribution in [2.24, 2.45) is 5.41 Å². The van der Waals surface area contributed by atoms with Gasteiger partial charge in [0, 0.05) is 35.4 Å². The molecule has 0 unspecified atom stereocenters. The van der Waals surface area contributed by atoms with Gasteiger partial charge in [0.1, 0.15) is 0 Å². The number of allylic oxidation sites excluding steroid dienone is 3. The van der Waals surface area contributed by atoms with Gasteiger partial charge in [0.2, 0.25) is 0 Å². The lowest BCUT2D eigenvalue weighted by atomic mass is 9.68. The quantitative estimate of drug-likeness (QED) is 0.301. The standard InChI is InChI=1S/C23H28N2O6/c1-5-6-9-31-22(28)19-13(2)24-15-11-23(3,4)12-18(27)21(15)20(19)14-7-8-17(26)16(10-14)25(29)30/h7-8,10,20,24,26H,5-6,9,11-12H2,1-4H3/t20-/m1/s1. The number of dihydropyridines is 1. The number of nitrogens with one attached hydrogen (secondary N) is 1. The van der Waals surface area contributed by atoms with Gasteiger partial charge in [-0.15, -0.1) is 0 Å². The van der Waals surface area contributed by atoms with E-state index in [4.69, 9.17) is 4.74 Å². The van der Waals surface area contributed by atoms with E-state index < -0.39 is 28.2 Å². The lowest BCUT2D eigenvalue weighted by molar-refractivity contribution is -0.385. The molecule has 1 heterocycles. The number of benzene rings is 1. The van der Waals surface area contributed by atoms with Gasteiger partial charge in [0.05, 0.1) is 17.1 Å². The highest BCUT2D eigenvalue weighted by Crippen LogP contribution is 2.47. The summed E-state index contributed by atoms with van der Waals surface area (Å²) in [6.45, 7) is 7.99. The van der Waals surface area contributed by atoms with E-state index in [9.17, 15) is 24.8 Å². The molecule has 0 amide bonds. The minimum Gasteiger partial charge on any atom is -0.502 e. The van der Waals surface area contributed by atoms with Crippen molar-refractivity contribution < 1.29 is 24.4 Å². The highest BCUT2D eigenvalue weighted by Gasteiger charge is 2.43. The first kappa shape index (κ1) is 22.5. The molecule has 0 radical (unpaired) electrons. The van der Waals surface area contributed by atoms with Gasteiger partial charge in [-0.1, -0.05) is 33.3 Å². The molecule has 0 bridgehead atoms. The summed E-state index contributed by atoms with van der Waals surface area (Å²) in [6, 6.07) is 3.97. The number of nitro benzene ring substituents is 1. The molecule has 8 nitrogen and oxygen atoms in total. The van der Waals surface area contributed by atoms with Crippen molar-refractivity contribution in [3.05, 3.63) is 56.4 Å². The van der Waals surface area contributed by atoms with Crippen molar-refractivity contribution in [2.75, 3.05) is 6.61 Å². The van der Waals surface area contributed by atoms with E-state index in [1.807, 2.05) is 20.8 Å². The van der Waals surface area contributed by atoms with E-state index in [1.54, 1.807) is 6.92 Å². The van der Waals surface area contributed by atoms with E-state index in [0.29, 0.717) is 36.1 Å². The summed E-state index contributed by atoms with van der Waals surface area (Å²) in [5, 5.41) is 24.5. The van der Waals surface area contributed by atoms with Crippen LogP contribution < -0.4 is 5.32 Å². The summed E-state index contributed by atoms with van der Waals surface area (Å²) in [4.78, 5) is 36.9. The van der Waals surface area contributed by atoms with Crippen LogP contribution in [0, 0.1) is 15.5 Å². The van der Waals surface area contributed by atoms with Gasteiger partial charge in [-0.3, -0.25) is 14.9 Å². The van der Waals surface area contributed by atoms with Crippen LogP contribution in [0.1, 0.15) is 64.9 Å². The first-order valence-corrected chi connectivity index (χ1v) is 10.4. The van der Waals surface area contributed by atoms with Crippen LogP contribution in [-0.2, 0) is 14.3 Å². The number of hydrogen-bond donors (Lipinski definition) is 2. The van der Waals surface area contributed by atoms with Gasteiger partial charge in [0.15, 0.2) is 11.5 Å². The topological polar surface area (TPSA) is 119 Å². The summed E-state index contributed by atoms with van der Waals surface area (Å²) in [5.41, 5.74) is 1.67. The predicted molar refractivity (Wildman–Crippen MR) is 114 cm³/mol. The molecule has 0 spiro atoms. The second kappa shape index (κ2) is 8.53. The number of hydrogen-bond acceptors (Lipinski definition) is 7. The molecule has 3 rings (SSSR count). The fraction of sp³-hybridized carbons (Fsp3) is 0.478. The lowest BCUT2D eigenvalue weighted by Crippen LogP contribution is -2.38. The maximum absolute atomic E-state index is 13.2. The van der Waals surface area contributed by atoms with Crippen molar-refractivity contribution in [1.29, 1.82) is 0 Å². The zero-order chi connectivity index (χ0) is 22.9. The Balaban J connectivity index is 2.16. The van der Waals surface area contributed by atoms with Crippen LogP contribution in [0.25, 0.3) is 0 Å². The molecule has 166 valence electrons. The molecule has 1 aliphatic carbocycles. The van der Waals surface area contributed by atoms with Gasteiger partial charge in [0.25, 0.3) is 0 Å². The molecule has 2 N–H and O–H groups in total. The minimum absolute atomic E-state index is 0.106. The largest absolute Gasteiger partial charge is 0.502 e.